The summed E-state index contributed by atoms with van der Waals surface area (Å²) in [5.41, 5.74) is 1.08. The molecule has 1 atom stereocenters. The van der Waals surface area contributed by atoms with E-state index in [1.165, 1.54) is 12.8 Å². The smallest absolute Gasteiger partial charge is 0.0897 e. The standard InChI is InChI=1S/C17H28N2O2/c1-14-5-7-17(8-6-14)21-13-16(20)12-18-11-9-15-4-2-3-10-19-15/h2-4,10,14,16-18,20H,5-9,11-13H2,1H3. The van der Waals surface area contributed by atoms with Crippen molar-refractivity contribution in [2.45, 2.75) is 51.2 Å². The highest BCUT2D eigenvalue weighted by Crippen LogP contribution is 2.25. The highest BCUT2D eigenvalue weighted by molar-refractivity contribution is 5.03. The van der Waals surface area contributed by atoms with Gasteiger partial charge in [-0.15, -0.1) is 0 Å². The minimum atomic E-state index is -0.423. The topological polar surface area (TPSA) is 54.4 Å². The van der Waals surface area contributed by atoms with Gasteiger partial charge in [0.1, 0.15) is 0 Å². The number of ether oxygens (including phenoxy) is 1. The maximum atomic E-state index is 9.93. The number of hydrogen-bond acceptors (Lipinski definition) is 4. The summed E-state index contributed by atoms with van der Waals surface area (Å²) in [6.07, 6.45) is 7.41. The molecule has 1 unspecified atom stereocenters. The van der Waals surface area contributed by atoms with Gasteiger partial charge >= 0.3 is 0 Å². The van der Waals surface area contributed by atoms with E-state index in [0.29, 0.717) is 19.3 Å². The molecule has 1 aromatic heterocycles. The third-order valence-electron chi connectivity index (χ3n) is 4.15. The van der Waals surface area contributed by atoms with Gasteiger partial charge < -0.3 is 15.2 Å². The van der Waals surface area contributed by atoms with Gasteiger partial charge in [-0.3, -0.25) is 4.98 Å². The van der Waals surface area contributed by atoms with Gasteiger partial charge in [0.15, 0.2) is 0 Å². The van der Waals surface area contributed by atoms with Gasteiger partial charge in [0.05, 0.1) is 18.8 Å². The molecule has 0 aliphatic heterocycles. The van der Waals surface area contributed by atoms with E-state index in [2.05, 4.69) is 17.2 Å². The lowest BCUT2D eigenvalue weighted by molar-refractivity contribution is -0.0277. The molecule has 0 amide bonds. The first-order valence-corrected chi connectivity index (χ1v) is 8.14. The normalized spacial score (nSPS) is 23.9. The largest absolute Gasteiger partial charge is 0.389 e. The maximum absolute atomic E-state index is 9.93. The van der Waals surface area contributed by atoms with Crippen LogP contribution in [0.3, 0.4) is 0 Å². The van der Waals surface area contributed by atoms with Gasteiger partial charge in [-0.1, -0.05) is 13.0 Å². The molecule has 118 valence electrons. The third kappa shape index (κ3) is 6.55. The Balaban J connectivity index is 1.50. The Labute approximate surface area is 127 Å². The maximum Gasteiger partial charge on any atom is 0.0897 e. The molecule has 1 aromatic rings. The van der Waals surface area contributed by atoms with Crippen LogP contribution in [0, 0.1) is 5.92 Å². The zero-order valence-corrected chi connectivity index (χ0v) is 13.0. The number of aliphatic hydroxyl groups is 1. The molecule has 1 fully saturated rings. The first kappa shape index (κ1) is 16.4. The Morgan fingerprint density at radius 1 is 1.33 bits per heavy atom. The number of pyridine rings is 1. The summed E-state index contributed by atoms with van der Waals surface area (Å²) in [6.45, 7) is 4.15. The van der Waals surface area contributed by atoms with Gasteiger partial charge in [-0.25, -0.2) is 0 Å². The fourth-order valence-electron chi connectivity index (χ4n) is 2.73. The molecular weight excluding hydrogens is 264 g/mol. The minimum Gasteiger partial charge on any atom is -0.389 e. The van der Waals surface area contributed by atoms with Crippen molar-refractivity contribution in [3.05, 3.63) is 30.1 Å². The van der Waals surface area contributed by atoms with Crippen LogP contribution in [0.4, 0.5) is 0 Å². The fraction of sp³-hybridized carbons (Fsp3) is 0.706. The molecule has 0 radical (unpaired) electrons. The number of nitrogens with zero attached hydrogens (tertiary/aromatic N) is 1. The van der Waals surface area contributed by atoms with Gasteiger partial charge in [0.2, 0.25) is 0 Å². The fourth-order valence-corrected chi connectivity index (χ4v) is 2.73. The second-order valence-corrected chi connectivity index (χ2v) is 6.14. The van der Waals surface area contributed by atoms with Crippen molar-refractivity contribution in [3.8, 4) is 0 Å². The van der Waals surface area contributed by atoms with E-state index in [9.17, 15) is 5.11 Å². The van der Waals surface area contributed by atoms with Crippen molar-refractivity contribution in [2.75, 3.05) is 19.7 Å². The van der Waals surface area contributed by atoms with Crippen LogP contribution in [0.1, 0.15) is 38.3 Å². The van der Waals surface area contributed by atoms with Gasteiger partial charge in [0, 0.05) is 31.4 Å². The van der Waals surface area contributed by atoms with Crippen LogP contribution < -0.4 is 5.32 Å². The average molecular weight is 292 g/mol. The van der Waals surface area contributed by atoms with Crippen molar-refractivity contribution in [1.82, 2.24) is 10.3 Å². The summed E-state index contributed by atoms with van der Waals surface area (Å²) < 4.78 is 5.81. The highest BCUT2D eigenvalue weighted by Gasteiger charge is 2.19. The summed E-state index contributed by atoms with van der Waals surface area (Å²) >= 11 is 0. The van der Waals surface area contributed by atoms with Crippen LogP contribution in [0.2, 0.25) is 0 Å². The Kier molecular flexibility index (Phi) is 7.13. The van der Waals surface area contributed by atoms with Crippen LogP contribution in [-0.4, -0.2) is 42.0 Å². The third-order valence-corrected chi connectivity index (χ3v) is 4.15. The number of rotatable bonds is 8. The second kappa shape index (κ2) is 9.13. The first-order chi connectivity index (χ1) is 10.2. The zero-order chi connectivity index (χ0) is 14.9. The Morgan fingerprint density at radius 2 is 2.14 bits per heavy atom. The predicted octanol–water partition coefficient (Wildman–Crippen LogP) is 2.17. The van der Waals surface area contributed by atoms with E-state index in [1.54, 1.807) is 0 Å². The van der Waals surface area contributed by atoms with Crippen LogP contribution in [0.25, 0.3) is 0 Å². The molecule has 1 aliphatic rings. The molecule has 2 rings (SSSR count). The number of aromatic nitrogens is 1. The van der Waals surface area contributed by atoms with Crippen LogP contribution in [0.5, 0.6) is 0 Å². The SMILES string of the molecule is CC1CCC(OCC(O)CNCCc2ccccn2)CC1. The van der Waals surface area contributed by atoms with E-state index in [0.717, 1.165) is 37.4 Å². The average Bonchev–Trinajstić information content (AvgIpc) is 2.52. The summed E-state index contributed by atoms with van der Waals surface area (Å²) in [5.74, 6) is 0.836. The lowest BCUT2D eigenvalue weighted by atomic mass is 9.89. The molecule has 0 bridgehead atoms. The molecule has 2 N–H and O–H groups in total. The zero-order valence-electron chi connectivity index (χ0n) is 13.0. The molecule has 0 saturated heterocycles. The number of nitrogens with one attached hydrogen (secondary N) is 1. The lowest BCUT2D eigenvalue weighted by Crippen LogP contribution is -2.33. The molecule has 1 heterocycles. The van der Waals surface area contributed by atoms with Crippen molar-refractivity contribution in [1.29, 1.82) is 0 Å². The monoisotopic (exact) mass is 292 g/mol. The van der Waals surface area contributed by atoms with Gasteiger partial charge in [0.25, 0.3) is 0 Å². The van der Waals surface area contributed by atoms with Crippen molar-refractivity contribution >= 4 is 0 Å². The van der Waals surface area contributed by atoms with E-state index in [1.807, 2.05) is 24.4 Å². The van der Waals surface area contributed by atoms with Crippen LogP contribution in [-0.2, 0) is 11.2 Å². The lowest BCUT2D eigenvalue weighted by Gasteiger charge is -2.27. The van der Waals surface area contributed by atoms with E-state index in [-0.39, 0.29) is 0 Å². The molecule has 4 heteroatoms. The Hall–Kier alpha value is -0.970. The predicted molar refractivity (Wildman–Crippen MR) is 84.2 cm³/mol. The molecule has 1 aliphatic carbocycles. The summed E-state index contributed by atoms with van der Waals surface area (Å²) in [4.78, 5) is 4.27. The highest BCUT2D eigenvalue weighted by atomic mass is 16.5. The van der Waals surface area contributed by atoms with Crippen molar-refractivity contribution in [2.24, 2.45) is 5.92 Å². The Morgan fingerprint density at radius 3 is 2.86 bits per heavy atom. The Bertz CT molecular complexity index is 378. The summed E-state index contributed by atoms with van der Waals surface area (Å²) in [5, 5.41) is 13.2. The molecule has 0 aromatic carbocycles. The quantitative estimate of drug-likeness (QED) is 0.721. The van der Waals surface area contributed by atoms with Crippen LogP contribution in [0.15, 0.2) is 24.4 Å². The van der Waals surface area contributed by atoms with E-state index < -0.39 is 6.10 Å². The molecule has 0 spiro atoms. The molecular formula is C17H28N2O2. The van der Waals surface area contributed by atoms with Crippen LogP contribution >= 0.6 is 0 Å². The summed E-state index contributed by atoms with van der Waals surface area (Å²) in [6, 6.07) is 5.94. The van der Waals surface area contributed by atoms with E-state index >= 15 is 0 Å². The molecule has 4 nitrogen and oxygen atoms in total. The number of aliphatic hydroxyl groups excluding tert-OH is 1. The van der Waals surface area contributed by atoms with Crippen molar-refractivity contribution in [3.63, 3.8) is 0 Å². The number of hydrogen-bond donors (Lipinski definition) is 2. The summed E-state index contributed by atoms with van der Waals surface area (Å²) in [7, 11) is 0. The first-order valence-electron chi connectivity index (χ1n) is 8.14. The minimum absolute atomic E-state index is 0.351. The van der Waals surface area contributed by atoms with Crippen molar-refractivity contribution < 1.29 is 9.84 Å². The second-order valence-electron chi connectivity index (χ2n) is 6.14. The van der Waals surface area contributed by atoms with Gasteiger partial charge in [-0.05, 0) is 43.7 Å². The van der Waals surface area contributed by atoms with Gasteiger partial charge in [-0.2, -0.15) is 0 Å². The molecule has 21 heavy (non-hydrogen) atoms. The van der Waals surface area contributed by atoms with E-state index in [4.69, 9.17) is 4.74 Å². The molecule has 1 saturated carbocycles.